The van der Waals surface area contributed by atoms with Gasteiger partial charge in [0.2, 0.25) is 5.91 Å². The lowest BCUT2D eigenvalue weighted by Crippen LogP contribution is -2.45. The van der Waals surface area contributed by atoms with E-state index in [0.29, 0.717) is 17.1 Å². The standard InChI is InChI=1S/C12H15ClN2O3/c1-2-10(14)12(18)15(7-11(16)17)9-5-3-4-8(13)6-9/h3-6,10H,2,7,14H2,1H3,(H,16,17). The lowest BCUT2D eigenvalue weighted by atomic mass is 10.2. The maximum absolute atomic E-state index is 12.0. The first-order valence-electron chi connectivity index (χ1n) is 5.50. The number of carboxylic acids is 1. The Morgan fingerprint density at radius 2 is 2.17 bits per heavy atom. The van der Waals surface area contributed by atoms with E-state index in [4.69, 9.17) is 22.4 Å². The molecule has 0 saturated heterocycles. The highest BCUT2D eigenvalue weighted by atomic mass is 35.5. The number of aliphatic carboxylic acids is 1. The molecule has 1 atom stereocenters. The average Bonchev–Trinajstić information content (AvgIpc) is 2.34. The summed E-state index contributed by atoms with van der Waals surface area (Å²) in [5.41, 5.74) is 6.08. The highest BCUT2D eigenvalue weighted by Crippen LogP contribution is 2.20. The van der Waals surface area contributed by atoms with Gasteiger partial charge in [-0.15, -0.1) is 0 Å². The summed E-state index contributed by atoms with van der Waals surface area (Å²) in [6.07, 6.45) is 0.440. The normalized spacial score (nSPS) is 11.9. The van der Waals surface area contributed by atoms with E-state index in [9.17, 15) is 9.59 Å². The number of anilines is 1. The van der Waals surface area contributed by atoms with Gasteiger partial charge >= 0.3 is 5.97 Å². The van der Waals surface area contributed by atoms with Crippen LogP contribution in [0.2, 0.25) is 5.02 Å². The molecule has 1 aromatic rings. The van der Waals surface area contributed by atoms with E-state index < -0.39 is 24.5 Å². The number of nitrogens with zero attached hydrogens (tertiary/aromatic N) is 1. The summed E-state index contributed by atoms with van der Waals surface area (Å²) in [5, 5.41) is 9.28. The second-order valence-electron chi connectivity index (χ2n) is 3.81. The van der Waals surface area contributed by atoms with Crippen molar-refractivity contribution in [3.63, 3.8) is 0 Å². The van der Waals surface area contributed by atoms with E-state index in [1.807, 2.05) is 0 Å². The Morgan fingerprint density at radius 1 is 1.50 bits per heavy atom. The number of halogens is 1. The van der Waals surface area contributed by atoms with E-state index >= 15 is 0 Å². The van der Waals surface area contributed by atoms with Gasteiger partial charge in [-0.05, 0) is 24.6 Å². The summed E-state index contributed by atoms with van der Waals surface area (Å²) in [5.74, 6) is -1.53. The van der Waals surface area contributed by atoms with Crippen LogP contribution >= 0.6 is 11.6 Å². The largest absolute Gasteiger partial charge is 0.480 e. The molecule has 98 valence electrons. The van der Waals surface area contributed by atoms with Crippen LogP contribution in [0.5, 0.6) is 0 Å². The van der Waals surface area contributed by atoms with Gasteiger partial charge < -0.3 is 10.8 Å². The van der Waals surface area contributed by atoms with Crippen molar-refractivity contribution in [2.75, 3.05) is 11.4 Å². The van der Waals surface area contributed by atoms with Gasteiger partial charge in [0.25, 0.3) is 0 Å². The van der Waals surface area contributed by atoms with Crippen LogP contribution in [-0.2, 0) is 9.59 Å². The van der Waals surface area contributed by atoms with Crippen molar-refractivity contribution < 1.29 is 14.7 Å². The lowest BCUT2D eigenvalue weighted by Gasteiger charge is -2.23. The van der Waals surface area contributed by atoms with Crippen molar-refractivity contribution in [1.82, 2.24) is 0 Å². The van der Waals surface area contributed by atoms with Gasteiger partial charge in [-0.25, -0.2) is 0 Å². The summed E-state index contributed by atoms with van der Waals surface area (Å²) >= 11 is 5.83. The maximum Gasteiger partial charge on any atom is 0.323 e. The summed E-state index contributed by atoms with van der Waals surface area (Å²) in [6, 6.07) is 5.73. The number of hydrogen-bond donors (Lipinski definition) is 2. The fourth-order valence-electron chi connectivity index (χ4n) is 1.45. The van der Waals surface area contributed by atoms with Gasteiger partial charge in [-0.1, -0.05) is 24.6 Å². The number of hydrogen-bond acceptors (Lipinski definition) is 3. The smallest absolute Gasteiger partial charge is 0.323 e. The fraction of sp³-hybridized carbons (Fsp3) is 0.333. The number of carboxylic acid groups (broad SMARTS) is 1. The first-order valence-corrected chi connectivity index (χ1v) is 5.87. The van der Waals surface area contributed by atoms with Crippen LogP contribution in [0.4, 0.5) is 5.69 Å². The number of nitrogens with two attached hydrogens (primary N) is 1. The van der Waals surface area contributed by atoms with Crippen LogP contribution in [0.15, 0.2) is 24.3 Å². The van der Waals surface area contributed by atoms with E-state index in [1.54, 1.807) is 25.1 Å². The molecule has 0 fully saturated rings. The highest BCUT2D eigenvalue weighted by molar-refractivity contribution is 6.31. The maximum atomic E-state index is 12.0. The Bertz CT molecular complexity index is 451. The molecule has 0 saturated carbocycles. The molecular weight excluding hydrogens is 256 g/mol. The van der Waals surface area contributed by atoms with Gasteiger partial charge in [-0.3, -0.25) is 14.5 Å². The minimum atomic E-state index is -1.10. The first kappa shape index (κ1) is 14.5. The zero-order valence-electron chi connectivity index (χ0n) is 9.97. The van der Waals surface area contributed by atoms with Gasteiger partial charge in [0.05, 0.1) is 6.04 Å². The molecule has 0 aliphatic rings. The van der Waals surface area contributed by atoms with Gasteiger partial charge in [-0.2, -0.15) is 0 Å². The van der Waals surface area contributed by atoms with Gasteiger partial charge in [0.1, 0.15) is 6.54 Å². The van der Waals surface area contributed by atoms with Gasteiger partial charge in [0, 0.05) is 10.7 Å². The second-order valence-corrected chi connectivity index (χ2v) is 4.25. The lowest BCUT2D eigenvalue weighted by molar-refractivity contribution is -0.136. The molecule has 0 aromatic heterocycles. The van der Waals surface area contributed by atoms with Crippen LogP contribution in [0, 0.1) is 0 Å². The fourth-order valence-corrected chi connectivity index (χ4v) is 1.64. The molecule has 0 heterocycles. The zero-order valence-corrected chi connectivity index (χ0v) is 10.7. The minimum absolute atomic E-state index is 0.429. The van der Waals surface area contributed by atoms with Crippen LogP contribution in [0.25, 0.3) is 0 Å². The predicted molar refractivity (Wildman–Crippen MR) is 69.7 cm³/mol. The molecule has 0 spiro atoms. The van der Waals surface area contributed by atoms with Crippen molar-refractivity contribution in [2.24, 2.45) is 5.73 Å². The molecule has 5 nitrogen and oxygen atoms in total. The number of rotatable bonds is 5. The quantitative estimate of drug-likeness (QED) is 0.849. The minimum Gasteiger partial charge on any atom is -0.480 e. The van der Waals surface area contributed by atoms with E-state index in [2.05, 4.69) is 0 Å². The van der Waals surface area contributed by atoms with Crippen LogP contribution in [0.1, 0.15) is 13.3 Å². The third-order valence-corrected chi connectivity index (χ3v) is 2.67. The highest BCUT2D eigenvalue weighted by Gasteiger charge is 2.23. The van der Waals surface area contributed by atoms with Crippen molar-refractivity contribution in [1.29, 1.82) is 0 Å². The third kappa shape index (κ3) is 3.72. The molecule has 1 unspecified atom stereocenters. The summed E-state index contributed by atoms with van der Waals surface area (Å²) in [4.78, 5) is 24.0. The number of amides is 1. The van der Waals surface area contributed by atoms with Crippen LogP contribution < -0.4 is 10.6 Å². The molecule has 6 heteroatoms. The SMILES string of the molecule is CCC(N)C(=O)N(CC(=O)O)c1cccc(Cl)c1. The predicted octanol–water partition coefficient (Wildman–Crippen LogP) is 1.49. The molecule has 18 heavy (non-hydrogen) atoms. The summed E-state index contributed by atoms with van der Waals surface area (Å²) < 4.78 is 0. The molecular formula is C12H15ClN2O3. The van der Waals surface area contributed by atoms with Crippen molar-refractivity contribution in [3.05, 3.63) is 29.3 Å². The molecule has 1 amide bonds. The summed E-state index contributed by atoms with van der Waals surface area (Å²) in [6.45, 7) is 1.33. The molecule has 1 aromatic carbocycles. The molecule has 1 rings (SSSR count). The number of carbonyl (C=O) groups is 2. The average molecular weight is 271 g/mol. The Kier molecular flexibility index (Phi) is 5.12. The van der Waals surface area contributed by atoms with Crippen LogP contribution in [-0.4, -0.2) is 29.6 Å². The molecule has 3 N–H and O–H groups in total. The topological polar surface area (TPSA) is 83.6 Å². The Morgan fingerprint density at radius 3 is 2.67 bits per heavy atom. The monoisotopic (exact) mass is 270 g/mol. The Hall–Kier alpha value is -1.59. The first-order chi connectivity index (χ1) is 8.45. The number of benzene rings is 1. The van der Waals surface area contributed by atoms with E-state index in [-0.39, 0.29) is 0 Å². The van der Waals surface area contributed by atoms with Crippen molar-refractivity contribution in [3.8, 4) is 0 Å². The Labute approximate surface area is 110 Å². The molecule has 0 radical (unpaired) electrons. The van der Waals surface area contributed by atoms with Crippen molar-refractivity contribution in [2.45, 2.75) is 19.4 Å². The van der Waals surface area contributed by atoms with E-state index in [0.717, 1.165) is 4.90 Å². The van der Waals surface area contributed by atoms with Gasteiger partial charge in [0.15, 0.2) is 0 Å². The van der Waals surface area contributed by atoms with E-state index in [1.165, 1.54) is 6.07 Å². The Balaban J connectivity index is 3.05. The second kappa shape index (κ2) is 6.37. The van der Waals surface area contributed by atoms with Crippen molar-refractivity contribution >= 4 is 29.2 Å². The van der Waals surface area contributed by atoms with Crippen LogP contribution in [0.3, 0.4) is 0 Å². The molecule has 0 aliphatic carbocycles. The number of carbonyl (C=O) groups excluding carboxylic acids is 1. The zero-order chi connectivity index (χ0) is 13.7. The third-order valence-electron chi connectivity index (χ3n) is 2.44. The molecule has 0 aliphatic heterocycles. The molecule has 0 bridgehead atoms. The summed E-state index contributed by atoms with van der Waals surface area (Å²) in [7, 11) is 0.